The Morgan fingerprint density at radius 3 is 2.48 bits per heavy atom. The summed E-state index contributed by atoms with van der Waals surface area (Å²) in [4.78, 5) is 14.7. The molecule has 6 nitrogen and oxygen atoms in total. The first kappa shape index (κ1) is 16.7. The average Bonchev–Trinajstić information content (AvgIpc) is 3.02. The predicted octanol–water partition coefficient (Wildman–Crippen LogP) is 3.06. The van der Waals surface area contributed by atoms with Crippen molar-refractivity contribution in [1.82, 2.24) is 25.1 Å². The number of piperidine rings is 1. The van der Waals surface area contributed by atoms with E-state index in [2.05, 4.69) is 34.3 Å². The quantitative estimate of drug-likeness (QED) is 0.790. The summed E-state index contributed by atoms with van der Waals surface area (Å²) in [7, 11) is 0. The third-order valence-electron chi connectivity index (χ3n) is 5.19. The van der Waals surface area contributed by atoms with Crippen molar-refractivity contribution < 1.29 is 4.79 Å². The van der Waals surface area contributed by atoms with Crippen molar-refractivity contribution in [3.63, 3.8) is 0 Å². The maximum Gasteiger partial charge on any atom is 0.233 e. The first-order valence-electron chi connectivity index (χ1n) is 8.88. The van der Waals surface area contributed by atoms with Crippen LogP contribution in [0.2, 0.25) is 0 Å². The van der Waals surface area contributed by atoms with Crippen molar-refractivity contribution in [3.05, 3.63) is 0 Å². The molecule has 0 N–H and O–H groups in total. The fourth-order valence-corrected chi connectivity index (χ4v) is 4.76. The van der Waals surface area contributed by atoms with Gasteiger partial charge in [0.25, 0.3) is 0 Å². The largest absolute Gasteiger partial charge is 0.337 e. The van der Waals surface area contributed by atoms with Gasteiger partial charge in [-0.1, -0.05) is 31.0 Å². The van der Waals surface area contributed by atoms with E-state index in [0.717, 1.165) is 30.8 Å². The Morgan fingerprint density at radius 2 is 1.78 bits per heavy atom. The van der Waals surface area contributed by atoms with Crippen LogP contribution in [0.3, 0.4) is 0 Å². The first-order chi connectivity index (χ1) is 11.2. The summed E-state index contributed by atoms with van der Waals surface area (Å²) in [6.07, 6.45) is 9.54. The minimum absolute atomic E-state index is 0.216. The molecule has 0 bridgehead atoms. The molecule has 1 aliphatic carbocycles. The number of hydrogen-bond acceptors (Lipinski definition) is 5. The number of thioether (sulfide) groups is 1. The Hall–Kier alpha value is -1.11. The zero-order valence-electron chi connectivity index (χ0n) is 14.1. The van der Waals surface area contributed by atoms with Gasteiger partial charge in [0.05, 0.1) is 11.8 Å². The van der Waals surface area contributed by atoms with Crippen molar-refractivity contribution >= 4 is 17.7 Å². The normalized spacial score (nSPS) is 26.4. The van der Waals surface area contributed by atoms with Gasteiger partial charge in [0.15, 0.2) is 0 Å². The monoisotopic (exact) mass is 337 g/mol. The van der Waals surface area contributed by atoms with Crippen LogP contribution < -0.4 is 0 Å². The number of carbonyl (C=O) groups is 1. The molecule has 1 aliphatic heterocycles. The minimum Gasteiger partial charge on any atom is -0.337 e. The van der Waals surface area contributed by atoms with Gasteiger partial charge in [-0.15, -0.1) is 5.10 Å². The lowest BCUT2D eigenvalue weighted by Crippen LogP contribution is -2.48. The van der Waals surface area contributed by atoms with Crippen LogP contribution in [0.4, 0.5) is 0 Å². The lowest BCUT2D eigenvalue weighted by atomic mass is 9.96. The van der Waals surface area contributed by atoms with Crippen LogP contribution in [0.25, 0.3) is 0 Å². The Morgan fingerprint density at radius 1 is 1.09 bits per heavy atom. The van der Waals surface area contributed by atoms with Crippen LogP contribution in [0, 0.1) is 0 Å². The number of carbonyl (C=O) groups excluding carboxylic acids is 1. The molecule has 1 aromatic heterocycles. The summed E-state index contributed by atoms with van der Waals surface area (Å²) in [6.45, 7) is 4.31. The topological polar surface area (TPSA) is 63.9 Å². The molecule has 2 heterocycles. The minimum atomic E-state index is 0.216. The average molecular weight is 337 g/mol. The fourth-order valence-electron chi connectivity index (χ4n) is 3.95. The van der Waals surface area contributed by atoms with Gasteiger partial charge >= 0.3 is 0 Å². The molecular weight excluding hydrogens is 310 g/mol. The molecule has 0 radical (unpaired) electrons. The van der Waals surface area contributed by atoms with Gasteiger partial charge < -0.3 is 4.90 Å². The maximum atomic E-state index is 12.6. The van der Waals surface area contributed by atoms with Crippen molar-refractivity contribution in [1.29, 1.82) is 0 Å². The molecule has 1 aromatic rings. The second-order valence-electron chi connectivity index (χ2n) is 6.92. The van der Waals surface area contributed by atoms with Crippen molar-refractivity contribution in [2.45, 2.75) is 88.5 Å². The molecule has 7 heteroatoms. The lowest BCUT2D eigenvalue weighted by molar-refractivity contribution is -0.134. The molecule has 0 spiro atoms. The van der Waals surface area contributed by atoms with Gasteiger partial charge in [0.2, 0.25) is 11.1 Å². The van der Waals surface area contributed by atoms with Crippen LogP contribution in [-0.2, 0) is 4.79 Å². The van der Waals surface area contributed by atoms with E-state index in [1.165, 1.54) is 37.4 Å². The Kier molecular flexibility index (Phi) is 5.56. The number of rotatable bonds is 4. The maximum absolute atomic E-state index is 12.6. The molecule has 2 unspecified atom stereocenters. The Balaban J connectivity index is 1.60. The highest BCUT2D eigenvalue weighted by Gasteiger charge is 2.29. The van der Waals surface area contributed by atoms with Gasteiger partial charge in [0.1, 0.15) is 0 Å². The van der Waals surface area contributed by atoms with Crippen LogP contribution in [-0.4, -0.2) is 48.9 Å². The standard InChI is InChI=1S/C16H27N5OS/c1-12-7-6-8-13(2)20(12)15(22)11-23-16-17-18-19-21(16)14-9-4-3-5-10-14/h12-14H,3-11H2,1-2H3. The zero-order chi connectivity index (χ0) is 16.2. The summed E-state index contributed by atoms with van der Waals surface area (Å²) in [6, 6.07) is 1.10. The smallest absolute Gasteiger partial charge is 0.233 e. The molecule has 128 valence electrons. The van der Waals surface area contributed by atoms with Crippen molar-refractivity contribution in [3.8, 4) is 0 Å². The summed E-state index contributed by atoms with van der Waals surface area (Å²) in [5, 5.41) is 12.9. The van der Waals surface area contributed by atoms with E-state index in [0.29, 0.717) is 23.9 Å². The van der Waals surface area contributed by atoms with E-state index in [-0.39, 0.29) is 5.91 Å². The number of nitrogens with zero attached hydrogens (tertiary/aromatic N) is 5. The van der Waals surface area contributed by atoms with Gasteiger partial charge in [0, 0.05) is 12.1 Å². The molecular formula is C16H27N5OS. The third-order valence-corrected chi connectivity index (χ3v) is 6.11. The van der Waals surface area contributed by atoms with E-state index in [4.69, 9.17) is 0 Å². The van der Waals surface area contributed by atoms with Crippen LogP contribution in [0.1, 0.15) is 71.3 Å². The highest BCUT2D eigenvalue weighted by molar-refractivity contribution is 7.99. The second-order valence-corrected chi connectivity index (χ2v) is 7.86. The summed E-state index contributed by atoms with van der Waals surface area (Å²) in [5.41, 5.74) is 0. The number of tetrazole rings is 1. The zero-order valence-corrected chi connectivity index (χ0v) is 15.0. The first-order valence-corrected chi connectivity index (χ1v) is 9.87. The molecule has 2 aliphatic rings. The second kappa shape index (κ2) is 7.64. The van der Waals surface area contributed by atoms with Crippen LogP contribution >= 0.6 is 11.8 Å². The van der Waals surface area contributed by atoms with Crippen molar-refractivity contribution in [2.75, 3.05) is 5.75 Å². The number of hydrogen-bond donors (Lipinski definition) is 0. The highest BCUT2D eigenvalue weighted by Crippen LogP contribution is 2.30. The summed E-state index contributed by atoms with van der Waals surface area (Å²) < 4.78 is 1.94. The lowest BCUT2D eigenvalue weighted by Gasteiger charge is -2.39. The molecule has 1 saturated carbocycles. The molecule has 1 amide bonds. The molecule has 2 fully saturated rings. The fraction of sp³-hybridized carbons (Fsp3) is 0.875. The summed E-state index contributed by atoms with van der Waals surface area (Å²) in [5.74, 6) is 0.648. The SMILES string of the molecule is CC1CCCC(C)N1C(=O)CSc1nnnn1C1CCCCC1. The van der Waals surface area contributed by atoms with E-state index in [1.807, 2.05) is 4.68 Å². The van der Waals surface area contributed by atoms with E-state index in [9.17, 15) is 4.79 Å². The van der Waals surface area contributed by atoms with Gasteiger partial charge in [-0.05, 0) is 56.4 Å². The highest BCUT2D eigenvalue weighted by atomic mass is 32.2. The number of likely N-dealkylation sites (tertiary alicyclic amines) is 1. The predicted molar refractivity (Wildman–Crippen MR) is 90.3 cm³/mol. The molecule has 3 rings (SSSR count). The van der Waals surface area contributed by atoms with Gasteiger partial charge in [-0.2, -0.15) is 0 Å². The molecule has 2 atom stereocenters. The van der Waals surface area contributed by atoms with Crippen molar-refractivity contribution in [2.24, 2.45) is 0 Å². The van der Waals surface area contributed by atoms with E-state index >= 15 is 0 Å². The van der Waals surface area contributed by atoms with E-state index in [1.54, 1.807) is 0 Å². The summed E-state index contributed by atoms with van der Waals surface area (Å²) >= 11 is 1.49. The molecule has 23 heavy (non-hydrogen) atoms. The van der Waals surface area contributed by atoms with Crippen LogP contribution in [0.15, 0.2) is 5.16 Å². The van der Waals surface area contributed by atoms with Crippen LogP contribution in [0.5, 0.6) is 0 Å². The molecule has 1 saturated heterocycles. The molecule has 0 aromatic carbocycles. The number of aromatic nitrogens is 4. The third kappa shape index (κ3) is 3.87. The van der Waals surface area contributed by atoms with E-state index < -0.39 is 0 Å². The van der Waals surface area contributed by atoms with Gasteiger partial charge in [-0.3, -0.25) is 4.79 Å². The number of amides is 1. The Labute approximate surface area is 142 Å². The van der Waals surface area contributed by atoms with Gasteiger partial charge in [-0.25, -0.2) is 4.68 Å². The Bertz CT molecular complexity index is 518.